The lowest BCUT2D eigenvalue weighted by atomic mass is 9.95. The highest BCUT2D eigenvalue weighted by Gasteiger charge is 2.21. The minimum atomic E-state index is 0.0513. The summed E-state index contributed by atoms with van der Waals surface area (Å²) in [6.45, 7) is 0.669. The molecular formula is C17H26N2O2. The van der Waals surface area contributed by atoms with Gasteiger partial charge in [-0.1, -0.05) is 31.4 Å². The van der Waals surface area contributed by atoms with Crippen LogP contribution < -0.4 is 10.1 Å². The number of urea groups is 1. The molecular weight excluding hydrogens is 264 g/mol. The van der Waals surface area contributed by atoms with Gasteiger partial charge in [0, 0.05) is 19.6 Å². The molecule has 2 amide bonds. The van der Waals surface area contributed by atoms with Crippen LogP contribution in [-0.4, -0.2) is 37.7 Å². The quantitative estimate of drug-likeness (QED) is 0.904. The van der Waals surface area contributed by atoms with Gasteiger partial charge in [0.1, 0.15) is 5.75 Å². The average molecular weight is 290 g/mol. The summed E-state index contributed by atoms with van der Waals surface area (Å²) in [5.74, 6) is 0.861. The summed E-state index contributed by atoms with van der Waals surface area (Å²) < 4.78 is 5.13. The van der Waals surface area contributed by atoms with Gasteiger partial charge in [-0.15, -0.1) is 0 Å². The fraction of sp³-hybridized carbons (Fsp3) is 0.588. The Hall–Kier alpha value is -1.71. The lowest BCUT2D eigenvalue weighted by Gasteiger charge is -2.31. The monoisotopic (exact) mass is 290 g/mol. The Labute approximate surface area is 127 Å². The number of rotatable bonds is 5. The second-order valence-corrected chi connectivity index (χ2v) is 5.73. The number of amides is 2. The van der Waals surface area contributed by atoms with E-state index >= 15 is 0 Å². The predicted molar refractivity (Wildman–Crippen MR) is 84.7 cm³/mol. The first-order chi connectivity index (χ1) is 10.2. The van der Waals surface area contributed by atoms with Crippen LogP contribution in [0.4, 0.5) is 4.79 Å². The smallest absolute Gasteiger partial charge is 0.317 e. The maximum absolute atomic E-state index is 12.1. The Morgan fingerprint density at radius 1 is 1.24 bits per heavy atom. The van der Waals surface area contributed by atoms with Gasteiger partial charge < -0.3 is 15.0 Å². The number of nitrogens with one attached hydrogen (secondary N) is 1. The lowest BCUT2D eigenvalue weighted by Crippen LogP contribution is -2.44. The van der Waals surface area contributed by atoms with Gasteiger partial charge in [0.05, 0.1) is 7.11 Å². The zero-order chi connectivity index (χ0) is 15.1. The summed E-state index contributed by atoms with van der Waals surface area (Å²) in [6, 6.07) is 8.44. The second-order valence-electron chi connectivity index (χ2n) is 5.73. The molecule has 0 heterocycles. The van der Waals surface area contributed by atoms with Crippen LogP contribution in [0, 0.1) is 0 Å². The second kappa shape index (κ2) is 7.91. The Morgan fingerprint density at radius 2 is 1.90 bits per heavy atom. The van der Waals surface area contributed by atoms with Gasteiger partial charge in [0.15, 0.2) is 0 Å². The summed E-state index contributed by atoms with van der Waals surface area (Å²) in [5, 5.41) is 3.01. The van der Waals surface area contributed by atoms with E-state index < -0.39 is 0 Å². The van der Waals surface area contributed by atoms with Gasteiger partial charge in [0.2, 0.25) is 0 Å². The Balaban J connectivity index is 1.72. The van der Waals surface area contributed by atoms with Gasteiger partial charge in [-0.2, -0.15) is 0 Å². The summed E-state index contributed by atoms with van der Waals surface area (Å²) >= 11 is 0. The molecule has 0 aliphatic heterocycles. The number of ether oxygens (including phenoxy) is 1. The van der Waals surface area contributed by atoms with Crippen molar-refractivity contribution >= 4 is 6.03 Å². The molecule has 1 aromatic carbocycles. The van der Waals surface area contributed by atoms with Gasteiger partial charge in [-0.25, -0.2) is 4.79 Å². The molecule has 0 radical (unpaired) electrons. The van der Waals surface area contributed by atoms with E-state index in [1.54, 1.807) is 7.11 Å². The van der Waals surface area contributed by atoms with Crippen molar-refractivity contribution in [2.45, 2.75) is 44.6 Å². The molecule has 0 unspecified atom stereocenters. The molecule has 0 atom stereocenters. The molecule has 2 rings (SSSR count). The van der Waals surface area contributed by atoms with Gasteiger partial charge in [-0.3, -0.25) is 0 Å². The molecule has 1 saturated carbocycles. The molecule has 0 spiro atoms. The van der Waals surface area contributed by atoms with Crippen LogP contribution in [0.2, 0.25) is 0 Å². The molecule has 1 aromatic rings. The van der Waals surface area contributed by atoms with Gasteiger partial charge >= 0.3 is 6.03 Å². The van der Waals surface area contributed by atoms with E-state index in [1.807, 2.05) is 36.2 Å². The van der Waals surface area contributed by atoms with Crippen molar-refractivity contribution in [3.63, 3.8) is 0 Å². The summed E-state index contributed by atoms with van der Waals surface area (Å²) in [7, 11) is 3.58. The average Bonchev–Trinajstić information content (AvgIpc) is 2.55. The van der Waals surface area contributed by atoms with E-state index in [0.29, 0.717) is 12.6 Å². The van der Waals surface area contributed by atoms with Crippen LogP contribution in [0.1, 0.15) is 37.7 Å². The summed E-state index contributed by atoms with van der Waals surface area (Å²) in [4.78, 5) is 14.0. The van der Waals surface area contributed by atoms with Crippen LogP contribution >= 0.6 is 0 Å². The minimum Gasteiger partial charge on any atom is -0.497 e. The van der Waals surface area contributed by atoms with E-state index in [4.69, 9.17) is 4.74 Å². The lowest BCUT2D eigenvalue weighted by molar-refractivity contribution is 0.174. The minimum absolute atomic E-state index is 0.0513. The standard InChI is InChI=1S/C17H26N2O2/c1-19(15-6-4-3-5-7-15)17(20)18-13-12-14-8-10-16(21-2)11-9-14/h8-11,15H,3-7,12-13H2,1-2H3,(H,18,20). The molecule has 1 aliphatic rings. The van der Waals surface area contributed by atoms with Crippen molar-refractivity contribution < 1.29 is 9.53 Å². The van der Waals surface area contributed by atoms with E-state index in [-0.39, 0.29) is 6.03 Å². The number of carbonyl (C=O) groups excluding carboxylic acids is 1. The fourth-order valence-electron chi connectivity index (χ4n) is 2.86. The van der Waals surface area contributed by atoms with Crippen molar-refractivity contribution in [2.24, 2.45) is 0 Å². The maximum atomic E-state index is 12.1. The normalized spacial score (nSPS) is 15.5. The van der Waals surface area contributed by atoms with Crippen LogP contribution in [0.5, 0.6) is 5.75 Å². The van der Waals surface area contributed by atoms with Crippen molar-refractivity contribution in [2.75, 3.05) is 20.7 Å². The molecule has 0 aromatic heterocycles. The molecule has 1 N–H and O–H groups in total. The third-order valence-corrected chi connectivity index (χ3v) is 4.29. The van der Waals surface area contributed by atoms with Crippen molar-refractivity contribution in [3.05, 3.63) is 29.8 Å². The van der Waals surface area contributed by atoms with Crippen LogP contribution in [-0.2, 0) is 6.42 Å². The van der Waals surface area contributed by atoms with E-state index in [9.17, 15) is 4.79 Å². The van der Waals surface area contributed by atoms with E-state index in [0.717, 1.165) is 25.0 Å². The van der Waals surface area contributed by atoms with Crippen molar-refractivity contribution in [1.29, 1.82) is 0 Å². The van der Waals surface area contributed by atoms with Crippen molar-refractivity contribution in [1.82, 2.24) is 10.2 Å². The fourth-order valence-corrected chi connectivity index (χ4v) is 2.86. The predicted octanol–water partition coefficient (Wildman–Crippen LogP) is 3.21. The molecule has 1 aliphatic carbocycles. The summed E-state index contributed by atoms with van der Waals surface area (Å²) in [6.07, 6.45) is 6.92. The molecule has 0 bridgehead atoms. The molecule has 116 valence electrons. The van der Waals surface area contributed by atoms with Crippen LogP contribution in [0.15, 0.2) is 24.3 Å². The third kappa shape index (κ3) is 4.66. The highest BCUT2D eigenvalue weighted by molar-refractivity contribution is 5.74. The highest BCUT2D eigenvalue weighted by Crippen LogP contribution is 2.21. The van der Waals surface area contributed by atoms with Crippen LogP contribution in [0.25, 0.3) is 0 Å². The zero-order valence-electron chi connectivity index (χ0n) is 13.1. The number of hydrogen-bond donors (Lipinski definition) is 1. The van der Waals surface area contributed by atoms with E-state index in [2.05, 4.69) is 5.32 Å². The number of benzene rings is 1. The molecule has 0 saturated heterocycles. The molecule has 4 heteroatoms. The SMILES string of the molecule is COc1ccc(CCNC(=O)N(C)C2CCCCC2)cc1. The molecule has 21 heavy (non-hydrogen) atoms. The first-order valence-electron chi connectivity index (χ1n) is 7.84. The Kier molecular flexibility index (Phi) is 5.90. The largest absolute Gasteiger partial charge is 0.497 e. The topological polar surface area (TPSA) is 41.6 Å². The first kappa shape index (κ1) is 15.7. The number of carbonyl (C=O) groups is 1. The Morgan fingerprint density at radius 3 is 2.52 bits per heavy atom. The highest BCUT2D eigenvalue weighted by atomic mass is 16.5. The van der Waals surface area contributed by atoms with Gasteiger partial charge in [-0.05, 0) is 37.0 Å². The van der Waals surface area contributed by atoms with Crippen molar-refractivity contribution in [3.8, 4) is 5.75 Å². The van der Waals surface area contributed by atoms with Gasteiger partial charge in [0.25, 0.3) is 0 Å². The molecule has 1 fully saturated rings. The molecule has 4 nitrogen and oxygen atoms in total. The summed E-state index contributed by atoms with van der Waals surface area (Å²) in [5.41, 5.74) is 1.21. The number of nitrogens with zero attached hydrogens (tertiary/aromatic N) is 1. The zero-order valence-corrected chi connectivity index (χ0v) is 13.1. The number of methoxy groups -OCH3 is 1. The third-order valence-electron chi connectivity index (χ3n) is 4.29. The maximum Gasteiger partial charge on any atom is 0.317 e. The Bertz CT molecular complexity index is 439. The first-order valence-corrected chi connectivity index (χ1v) is 7.84. The number of hydrogen-bond acceptors (Lipinski definition) is 2. The van der Waals surface area contributed by atoms with Crippen LogP contribution in [0.3, 0.4) is 0 Å². The van der Waals surface area contributed by atoms with E-state index in [1.165, 1.54) is 24.8 Å².